The maximum absolute atomic E-state index is 12.4. The number of aromatic nitrogens is 2. The van der Waals surface area contributed by atoms with Crippen molar-refractivity contribution in [2.45, 2.75) is 19.3 Å². The fraction of sp³-hybridized carbons (Fsp3) is 0.188. The Bertz CT molecular complexity index is 562. The van der Waals surface area contributed by atoms with Gasteiger partial charge >= 0.3 is 0 Å². The number of rotatable bonds is 2. The number of carbonyl (C=O) groups excluding carboxylic acids is 1. The quantitative estimate of drug-likeness (QED) is 0.789. The van der Waals surface area contributed by atoms with Crippen LogP contribution in [-0.2, 0) is 4.79 Å². The van der Waals surface area contributed by atoms with Crippen molar-refractivity contribution < 1.29 is 4.79 Å². The molecule has 0 atom stereocenters. The fourth-order valence-corrected chi connectivity index (χ4v) is 2.42. The molecule has 2 heterocycles. The first kappa shape index (κ1) is 11.8. The first-order chi connectivity index (χ1) is 9.33. The van der Waals surface area contributed by atoms with Gasteiger partial charge in [0.25, 0.3) is 0 Å². The molecule has 0 aliphatic heterocycles. The molecule has 1 fully saturated rings. The maximum Gasteiger partial charge on any atom is 0.185 e. The van der Waals surface area contributed by atoms with Gasteiger partial charge in [-0.1, -0.05) is 0 Å². The van der Waals surface area contributed by atoms with Crippen LogP contribution in [0.1, 0.15) is 30.7 Å². The van der Waals surface area contributed by atoms with E-state index in [9.17, 15) is 4.79 Å². The summed E-state index contributed by atoms with van der Waals surface area (Å²) >= 11 is 0. The average Bonchev–Trinajstić information content (AvgIpc) is 3.07. The minimum atomic E-state index is 0.176. The van der Waals surface area contributed by atoms with Gasteiger partial charge in [-0.2, -0.15) is 0 Å². The van der Waals surface area contributed by atoms with Gasteiger partial charge < -0.3 is 9.97 Å². The molecule has 2 N–H and O–H groups in total. The van der Waals surface area contributed by atoms with Gasteiger partial charge in [-0.25, -0.2) is 0 Å². The van der Waals surface area contributed by atoms with Crippen molar-refractivity contribution in [3.05, 3.63) is 59.2 Å². The number of aromatic amines is 2. The van der Waals surface area contributed by atoms with Crippen molar-refractivity contribution in [2.75, 3.05) is 0 Å². The number of nitrogens with one attached hydrogen (secondary N) is 2. The number of hydrogen-bond donors (Lipinski definition) is 2. The molecule has 3 rings (SSSR count). The lowest BCUT2D eigenvalue weighted by atomic mass is 9.88. The van der Waals surface area contributed by atoms with E-state index in [-0.39, 0.29) is 5.78 Å². The van der Waals surface area contributed by atoms with E-state index < -0.39 is 0 Å². The van der Waals surface area contributed by atoms with Crippen LogP contribution in [0.25, 0.3) is 12.2 Å². The average molecular weight is 252 g/mol. The Morgan fingerprint density at radius 3 is 1.84 bits per heavy atom. The minimum Gasteiger partial charge on any atom is -0.362 e. The molecular formula is C16H16N2O. The zero-order chi connectivity index (χ0) is 13.1. The Morgan fingerprint density at radius 1 is 0.895 bits per heavy atom. The summed E-state index contributed by atoms with van der Waals surface area (Å²) in [5.74, 6) is 0.176. The van der Waals surface area contributed by atoms with Crippen molar-refractivity contribution >= 4 is 17.9 Å². The van der Waals surface area contributed by atoms with Crippen molar-refractivity contribution in [3.63, 3.8) is 0 Å². The summed E-state index contributed by atoms with van der Waals surface area (Å²) < 4.78 is 0. The number of hydrogen-bond acceptors (Lipinski definition) is 1. The summed E-state index contributed by atoms with van der Waals surface area (Å²) in [5, 5.41) is 0. The van der Waals surface area contributed by atoms with Crippen molar-refractivity contribution in [1.29, 1.82) is 0 Å². The molecule has 2 aromatic rings. The van der Waals surface area contributed by atoms with E-state index in [4.69, 9.17) is 0 Å². The summed E-state index contributed by atoms with van der Waals surface area (Å²) in [7, 11) is 0. The van der Waals surface area contributed by atoms with E-state index in [0.29, 0.717) is 0 Å². The Balaban J connectivity index is 1.87. The summed E-state index contributed by atoms with van der Waals surface area (Å²) in [6.07, 6.45) is 10.4. The summed E-state index contributed by atoms with van der Waals surface area (Å²) in [4.78, 5) is 18.6. The molecule has 3 heteroatoms. The second-order valence-electron chi connectivity index (χ2n) is 4.77. The smallest absolute Gasteiger partial charge is 0.185 e. The molecule has 96 valence electrons. The van der Waals surface area contributed by atoms with Crippen LogP contribution in [0.2, 0.25) is 0 Å². The second kappa shape index (κ2) is 5.14. The molecule has 1 aliphatic carbocycles. The number of H-pyrrole nitrogens is 2. The third-order valence-electron chi connectivity index (χ3n) is 3.38. The highest BCUT2D eigenvalue weighted by Gasteiger charge is 2.20. The van der Waals surface area contributed by atoms with Gasteiger partial charge in [0.2, 0.25) is 0 Å². The standard InChI is InChI=1S/C16H16N2O/c19-16-12(10-14-6-2-8-17-14)4-1-5-13(16)11-15-7-3-9-18-15/h2-3,6-11,17-18H,1,4-5H2/b12-10-,13-11+. The Hall–Kier alpha value is -2.29. The molecule has 0 amide bonds. The fourth-order valence-electron chi connectivity index (χ4n) is 2.42. The molecule has 0 saturated heterocycles. The second-order valence-corrected chi connectivity index (χ2v) is 4.77. The Morgan fingerprint density at radius 2 is 1.42 bits per heavy atom. The zero-order valence-corrected chi connectivity index (χ0v) is 10.6. The van der Waals surface area contributed by atoms with E-state index >= 15 is 0 Å². The molecule has 19 heavy (non-hydrogen) atoms. The van der Waals surface area contributed by atoms with E-state index in [2.05, 4.69) is 9.97 Å². The molecule has 1 aliphatic rings. The van der Waals surface area contributed by atoms with Gasteiger partial charge in [0.15, 0.2) is 5.78 Å². The molecule has 1 saturated carbocycles. The van der Waals surface area contributed by atoms with E-state index in [1.165, 1.54) is 0 Å². The molecule has 2 aromatic heterocycles. The third-order valence-corrected chi connectivity index (χ3v) is 3.38. The molecule has 0 bridgehead atoms. The molecule has 0 spiro atoms. The summed E-state index contributed by atoms with van der Waals surface area (Å²) in [5.41, 5.74) is 3.77. The minimum absolute atomic E-state index is 0.176. The highest BCUT2D eigenvalue weighted by atomic mass is 16.1. The van der Waals surface area contributed by atoms with Crippen LogP contribution >= 0.6 is 0 Å². The van der Waals surface area contributed by atoms with Gasteiger partial charge in [0.05, 0.1) is 0 Å². The van der Waals surface area contributed by atoms with Crippen LogP contribution in [0, 0.1) is 0 Å². The summed E-state index contributed by atoms with van der Waals surface area (Å²) in [6, 6.07) is 7.83. The molecule has 0 radical (unpaired) electrons. The van der Waals surface area contributed by atoms with Gasteiger partial charge in [-0.3, -0.25) is 4.79 Å². The van der Waals surface area contributed by atoms with Gasteiger partial charge in [-0.15, -0.1) is 0 Å². The first-order valence-electron chi connectivity index (χ1n) is 6.55. The number of ketones is 1. The van der Waals surface area contributed by atoms with Crippen LogP contribution in [0.4, 0.5) is 0 Å². The van der Waals surface area contributed by atoms with Crippen molar-refractivity contribution in [2.24, 2.45) is 0 Å². The van der Waals surface area contributed by atoms with E-state index in [0.717, 1.165) is 41.8 Å². The normalized spacial score (nSPS) is 20.3. The Labute approximate surface area is 112 Å². The lowest BCUT2D eigenvalue weighted by Crippen LogP contribution is -2.12. The van der Waals surface area contributed by atoms with Crippen molar-refractivity contribution in [3.8, 4) is 0 Å². The van der Waals surface area contributed by atoms with Gasteiger partial charge in [-0.05, 0) is 55.7 Å². The molecular weight excluding hydrogens is 236 g/mol. The SMILES string of the molecule is O=C1/C(=C\c2ccc[nH]2)CCC/C1=C\c1ccc[nH]1. The third kappa shape index (κ3) is 2.60. The lowest BCUT2D eigenvalue weighted by Gasteiger charge is -2.16. The predicted octanol–water partition coefficient (Wildman–Crippen LogP) is 3.56. The number of allylic oxidation sites excluding steroid dienone is 2. The molecule has 0 unspecified atom stereocenters. The number of carbonyl (C=O) groups is 1. The van der Waals surface area contributed by atoms with Crippen LogP contribution in [0.15, 0.2) is 47.8 Å². The highest BCUT2D eigenvalue weighted by Crippen LogP contribution is 2.27. The first-order valence-corrected chi connectivity index (χ1v) is 6.55. The van der Waals surface area contributed by atoms with Crippen LogP contribution in [0.5, 0.6) is 0 Å². The molecule has 0 aromatic carbocycles. The predicted molar refractivity (Wildman–Crippen MR) is 76.4 cm³/mol. The van der Waals surface area contributed by atoms with Gasteiger partial charge in [0.1, 0.15) is 0 Å². The van der Waals surface area contributed by atoms with E-state index in [1.807, 2.05) is 48.8 Å². The highest BCUT2D eigenvalue weighted by molar-refractivity contribution is 6.13. The van der Waals surface area contributed by atoms with Crippen LogP contribution < -0.4 is 0 Å². The van der Waals surface area contributed by atoms with Gasteiger partial charge in [0, 0.05) is 34.9 Å². The largest absolute Gasteiger partial charge is 0.362 e. The number of Topliss-reactive ketones (excluding diaryl/α,β-unsaturated/α-hetero) is 1. The lowest BCUT2D eigenvalue weighted by molar-refractivity contribution is -0.112. The van der Waals surface area contributed by atoms with Crippen LogP contribution in [0.3, 0.4) is 0 Å². The van der Waals surface area contributed by atoms with Crippen molar-refractivity contribution in [1.82, 2.24) is 9.97 Å². The van der Waals surface area contributed by atoms with E-state index in [1.54, 1.807) is 0 Å². The van der Waals surface area contributed by atoms with Crippen LogP contribution in [-0.4, -0.2) is 15.8 Å². The molecule has 3 nitrogen and oxygen atoms in total. The topological polar surface area (TPSA) is 48.6 Å². The zero-order valence-electron chi connectivity index (χ0n) is 10.6. The monoisotopic (exact) mass is 252 g/mol. The maximum atomic E-state index is 12.4. The summed E-state index contributed by atoms with van der Waals surface area (Å²) in [6.45, 7) is 0. The Kier molecular flexibility index (Phi) is 3.19.